The van der Waals surface area contributed by atoms with Crippen molar-refractivity contribution in [2.24, 2.45) is 0 Å². The SMILES string of the molecule is Cc1ccccc1CC(C)NC(=O)c1nc(Cl)ccc1Cl. The topological polar surface area (TPSA) is 42.0 Å². The number of aryl methyl sites for hydroxylation is 1. The zero-order valence-electron chi connectivity index (χ0n) is 11.9. The first-order valence-corrected chi connectivity index (χ1v) is 7.40. The van der Waals surface area contributed by atoms with E-state index in [1.165, 1.54) is 11.1 Å². The quantitative estimate of drug-likeness (QED) is 0.862. The van der Waals surface area contributed by atoms with Gasteiger partial charge in [-0.3, -0.25) is 4.79 Å². The van der Waals surface area contributed by atoms with Gasteiger partial charge in [-0.25, -0.2) is 4.98 Å². The molecular formula is C16H16Cl2N2O. The lowest BCUT2D eigenvalue weighted by Crippen LogP contribution is -2.35. The molecule has 0 spiro atoms. The summed E-state index contributed by atoms with van der Waals surface area (Å²) in [5.41, 5.74) is 2.56. The lowest BCUT2D eigenvalue weighted by Gasteiger charge is -2.15. The highest BCUT2D eigenvalue weighted by Gasteiger charge is 2.16. The van der Waals surface area contributed by atoms with Crippen LogP contribution in [-0.4, -0.2) is 16.9 Å². The molecule has 0 bridgehead atoms. The van der Waals surface area contributed by atoms with Crippen LogP contribution in [0.4, 0.5) is 0 Å². The van der Waals surface area contributed by atoms with Crippen molar-refractivity contribution in [1.29, 1.82) is 0 Å². The molecule has 1 aromatic heterocycles. The van der Waals surface area contributed by atoms with Crippen molar-refractivity contribution < 1.29 is 4.79 Å². The van der Waals surface area contributed by atoms with Gasteiger partial charge in [-0.05, 0) is 43.5 Å². The molecule has 2 rings (SSSR count). The third kappa shape index (κ3) is 4.19. The number of carbonyl (C=O) groups is 1. The van der Waals surface area contributed by atoms with Crippen LogP contribution in [0.25, 0.3) is 0 Å². The largest absolute Gasteiger partial charge is 0.348 e. The van der Waals surface area contributed by atoms with E-state index < -0.39 is 0 Å². The molecule has 1 heterocycles. The van der Waals surface area contributed by atoms with Gasteiger partial charge in [0.2, 0.25) is 0 Å². The highest BCUT2D eigenvalue weighted by atomic mass is 35.5. The summed E-state index contributed by atoms with van der Waals surface area (Å²) in [6.07, 6.45) is 0.747. The first-order valence-electron chi connectivity index (χ1n) is 6.65. The summed E-state index contributed by atoms with van der Waals surface area (Å²) < 4.78 is 0. The van der Waals surface area contributed by atoms with Crippen LogP contribution >= 0.6 is 23.2 Å². The number of nitrogens with zero attached hydrogens (tertiary/aromatic N) is 1. The summed E-state index contributed by atoms with van der Waals surface area (Å²) in [5, 5.41) is 3.43. The molecule has 1 N–H and O–H groups in total. The minimum atomic E-state index is -0.316. The number of nitrogens with one attached hydrogen (secondary N) is 1. The average molecular weight is 323 g/mol. The molecule has 1 atom stereocenters. The normalized spacial score (nSPS) is 12.0. The predicted molar refractivity (Wildman–Crippen MR) is 86.1 cm³/mol. The van der Waals surface area contributed by atoms with Crippen molar-refractivity contribution in [3.05, 3.63) is 63.4 Å². The summed E-state index contributed by atoms with van der Waals surface area (Å²) in [6.45, 7) is 4.00. The Hall–Kier alpha value is -1.58. The molecule has 1 amide bonds. The van der Waals surface area contributed by atoms with Gasteiger partial charge in [0.05, 0.1) is 5.02 Å². The number of pyridine rings is 1. The molecule has 0 aliphatic heterocycles. The maximum Gasteiger partial charge on any atom is 0.271 e. The molecule has 3 nitrogen and oxygen atoms in total. The number of halogens is 2. The smallest absolute Gasteiger partial charge is 0.271 e. The van der Waals surface area contributed by atoms with Gasteiger partial charge in [-0.2, -0.15) is 0 Å². The van der Waals surface area contributed by atoms with Crippen LogP contribution in [0.15, 0.2) is 36.4 Å². The molecule has 110 valence electrons. The molecule has 0 saturated heterocycles. The molecule has 5 heteroatoms. The molecule has 1 unspecified atom stereocenters. The van der Waals surface area contributed by atoms with Gasteiger partial charge < -0.3 is 5.32 Å². The van der Waals surface area contributed by atoms with Crippen LogP contribution in [0.1, 0.15) is 28.5 Å². The Morgan fingerprint density at radius 3 is 2.67 bits per heavy atom. The number of hydrogen-bond acceptors (Lipinski definition) is 2. The summed E-state index contributed by atoms with van der Waals surface area (Å²) >= 11 is 11.8. The van der Waals surface area contributed by atoms with Crippen LogP contribution in [0, 0.1) is 6.92 Å². The van der Waals surface area contributed by atoms with Gasteiger partial charge >= 0.3 is 0 Å². The minimum absolute atomic E-state index is 0.0320. The third-order valence-electron chi connectivity index (χ3n) is 3.19. The number of benzene rings is 1. The lowest BCUT2D eigenvalue weighted by atomic mass is 10.0. The van der Waals surface area contributed by atoms with E-state index in [1.54, 1.807) is 12.1 Å². The third-order valence-corrected chi connectivity index (χ3v) is 3.71. The van der Waals surface area contributed by atoms with Gasteiger partial charge in [0.25, 0.3) is 5.91 Å². The fourth-order valence-electron chi connectivity index (χ4n) is 2.09. The van der Waals surface area contributed by atoms with Crippen molar-refractivity contribution in [2.45, 2.75) is 26.3 Å². The van der Waals surface area contributed by atoms with Crippen LogP contribution in [0.5, 0.6) is 0 Å². The number of carbonyl (C=O) groups excluding carboxylic acids is 1. The fourth-order valence-corrected chi connectivity index (χ4v) is 2.43. The molecule has 2 aromatic rings. The molecule has 0 saturated carbocycles. The van der Waals surface area contributed by atoms with Gasteiger partial charge in [0.15, 0.2) is 0 Å². The minimum Gasteiger partial charge on any atom is -0.348 e. The lowest BCUT2D eigenvalue weighted by molar-refractivity contribution is 0.0935. The first kappa shape index (κ1) is 15.8. The van der Waals surface area contributed by atoms with Gasteiger partial charge in [-0.1, -0.05) is 47.5 Å². The summed E-state index contributed by atoms with van der Waals surface area (Å²) in [4.78, 5) is 16.2. The van der Waals surface area contributed by atoms with Crippen molar-refractivity contribution in [2.75, 3.05) is 0 Å². The second-order valence-electron chi connectivity index (χ2n) is 4.97. The average Bonchev–Trinajstić information content (AvgIpc) is 2.44. The maximum atomic E-state index is 12.2. The van der Waals surface area contributed by atoms with Gasteiger partial charge in [-0.15, -0.1) is 0 Å². The molecule has 1 aromatic carbocycles. The van der Waals surface area contributed by atoms with Gasteiger partial charge in [0, 0.05) is 6.04 Å². The van der Waals surface area contributed by atoms with Crippen LogP contribution in [-0.2, 0) is 6.42 Å². The van der Waals surface area contributed by atoms with E-state index >= 15 is 0 Å². The van der Waals surface area contributed by atoms with Crippen LogP contribution < -0.4 is 5.32 Å². The molecule has 0 aliphatic rings. The van der Waals surface area contributed by atoms with Crippen molar-refractivity contribution >= 4 is 29.1 Å². The van der Waals surface area contributed by atoms with Crippen LogP contribution in [0.3, 0.4) is 0 Å². The Morgan fingerprint density at radius 2 is 1.95 bits per heavy atom. The van der Waals surface area contributed by atoms with E-state index in [-0.39, 0.29) is 22.8 Å². The maximum absolute atomic E-state index is 12.2. The Morgan fingerprint density at radius 1 is 1.24 bits per heavy atom. The molecular weight excluding hydrogens is 307 g/mol. The zero-order chi connectivity index (χ0) is 15.4. The van der Waals surface area contributed by atoms with E-state index in [9.17, 15) is 4.79 Å². The number of amides is 1. The fraction of sp³-hybridized carbons (Fsp3) is 0.250. The second-order valence-corrected chi connectivity index (χ2v) is 5.76. The first-order chi connectivity index (χ1) is 9.97. The van der Waals surface area contributed by atoms with E-state index in [0.29, 0.717) is 5.02 Å². The predicted octanol–water partition coefficient (Wildman–Crippen LogP) is 4.06. The molecule has 0 fully saturated rings. The summed E-state index contributed by atoms with van der Waals surface area (Å²) in [6, 6.07) is 11.2. The highest BCUT2D eigenvalue weighted by molar-refractivity contribution is 6.34. The van der Waals surface area contributed by atoms with Gasteiger partial charge in [0.1, 0.15) is 10.8 Å². The Balaban J connectivity index is 2.06. The van der Waals surface area contributed by atoms with Crippen LogP contribution in [0.2, 0.25) is 10.2 Å². The summed E-state index contributed by atoms with van der Waals surface area (Å²) in [5.74, 6) is -0.316. The Labute approximate surface area is 134 Å². The van der Waals surface area contributed by atoms with E-state index in [2.05, 4.69) is 29.4 Å². The summed E-state index contributed by atoms with van der Waals surface area (Å²) in [7, 11) is 0. The van der Waals surface area contributed by atoms with Crippen molar-refractivity contribution in [1.82, 2.24) is 10.3 Å². The number of aromatic nitrogens is 1. The number of hydrogen-bond donors (Lipinski definition) is 1. The zero-order valence-corrected chi connectivity index (χ0v) is 13.4. The Kier molecular flexibility index (Phi) is 5.21. The molecule has 0 radical (unpaired) electrons. The monoisotopic (exact) mass is 322 g/mol. The number of rotatable bonds is 4. The van der Waals surface area contributed by atoms with E-state index in [1.807, 2.05) is 19.1 Å². The van der Waals surface area contributed by atoms with E-state index in [4.69, 9.17) is 23.2 Å². The molecule has 21 heavy (non-hydrogen) atoms. The van der Waals surface area contributed by atoms with Crippen molar-refractivity contribution in [3.63, 3.8) is 0 Å². The van der Waals surface area contributed by atoms with E-state index in [0.717, 1.165) is 6.42 Å². The highest BCUT2D eigenvalue weighted by Crippen LogP contribution is 2.17. The second kappa shape index (κ2) is 6.92. The standard InChI is InChI=1S/C16H16Cl2N2O/c1-10-5-3-4-6-12(10)9-11(2)19-16(21)15-13(17)7-8-14(18)20-15/h3-8,11H,9H2,1-2H3,(H,19,21). The Bertz CT molecular complexity index is 658. The molecule has 0 aliphatic carbocycles. The van der Waals surface area contributed by atoms with Crippen molar-refractivity contribution in [3.8, 4) is 0 Å².